The Hall–Kier alpha value is -7.43. The lowest BCUT2D eigenvalue weighted by atomic mass is 9.95. The van der Waals surface area contributed by atoms with Crippen LogP contribution in [-0.4, -0.2) is 15.0 Å². The van der Waals surface area contributed by atoms with Gasteiger partial charge in [0.15, 0.2) is 17.5 Å². The van der Waals surface area contributed by atoms with Crippen molar-refractivity contribution in [2.75, 3.05) is 0 Å². The van der Waals surface area contributed by atoms with Crippen LogP contribution >= 0.6 is 0 Å². The molecule has 0 amide bonds. The van der Waals surface area contributed by atoms with Gasteiger partial charge in [-0.05, 0) is 68.8 Å². The first kappa shape index (κ1) is 32.2. The van der Waals surface area contributed by atoms with Gasteiger partial charge in [0.05, 0.1) is 0 Å². The van der Waals surface area contributed by atoms with E-state index in [4.69, 9.17) is 19.4 Å². The van der Waals surface area contributed by atoms with E-state index in [0.717, 1.165) is 83.1 Å². The molecule has 0 atom stereocenters. The van der Waals surface area contributed by atoms with Gasteiger partial charge in [0.2, 0.25) is 0 Å². The topological polar surface area (TPSA) is 51.8 Å². The summed E-state index contributed by atoms with van der Waals surface area (Å²) >= 11 is 0. The number of rotatable bonds is 7. The van der Waals surface area contributed by atoms with Crippen molar-refractivity contribution in [3.63, 3.8) is 0 Å². The van der Waals surface area contributed by atoms with E-state index >= 15 is 0 Å². The fourth-order valence-corrected chi connectivity index (χ4v) is 7.56. The summed E-state index contributed by atoms with van der Waals surface area (Å²) in [5.74, 6) is 1.85. The van der Waals surface area contributed by atoms with Crippen LogP contribution in [0.4, 0.5) is 0 Å². The van der Waals surface area contributed by atoms with E-state index in [9.17, 15) is 0 Å². The molecule has 0 aliphatic carbocycles. The molecule has 0 N–H and O–H groups in total. The van der Waals surface area contributed by atoms with Crippen molar-refractivity contribution in [2.24, 2.45) is 0 Å². The van der Waals surface area contributed by atoms with Gasteiger partial charge in [-0.3, -0.25) is 0 Å². The van der Waals surface area contributed by atoms with E-state index in [1.165, 1.54) is 0 Å². The van der Waals surface area contributed by atoms with E-state index in [2.05, 4.69) is 158 Å². The summed E-state index contributed by atoms with van der Waals surface area (Å²) in [4.78, 5) is 15.6. The van der Waals surface area contributed by atoms with E-state index in [1.54, 1.807) is 0 Å². The Balaban J connectivity index is 1.12. The lowest BCUT2D eigenvalue weighted by molar-refractivity contribution is 0.669. The van der Waals surface area contributed by atoms with Gasteiger partial charge in [0, 0.05) is 27.5 Å². The molecule has 2 heterocycles. The summed E-state index contributed by atoms with van der Waals surface area (Å²) in [7, 11) is 0. The van der Waals surface area contributed by atoms with Gasteiger partial charge in [-0.1, -0.05) is 176 Å². The van der Waals surface area contributed by atoms with E-state index in [-0.39, 0.29) is 0 Å². The summed E-state index contributed by atoms with van der Waals surface area (Å²) in [6, 6.07) is 69.2. The Morgan fingerprint density at radius 1 is 0.273 bits per heavy atom. The van der Waals surface area contributed by atoms with Gasteiger partial charge < -0.3 is 4.42 Å². The third-order valence-corrected chi connectivity index (χ3v) is 10.2. The van der Waals surface area contributed by atoms with Crippen LogP contribution in [0.1, 0.15) is 0 Å². The number of furan rings is 1. The molecule has 258 valence electrons. The number of para-hydroxylation sites is 1. The van der Waals surface area contributed by atoms with Crippen molar-refractivity contribution in [3.05, 3.63) is 200 Å². The van der Waals surface area contributed by atoms with Crippen LogP contribution in [0.25, 0.3) is 101 Å². The van der Waals surface area contributed by atoms with Crippen LogP contribution in [-0.2, 0) is 0 Å². The first-order valence-electron chi connectivity index (χ1n) is 18.4. The molecule has 8 aromatic carbocycles. The quantitative estimate of drug-likeness (QED) is 0.166. The molecule has 4 nitrogen and oxygen atoms in total. The highest BCUT2D eigenvalue weighted by molar-refractivity contribution is 6.12. The SMILES string of the molecule is c1ccc(-c2ccccc2-c2nc(-c3cccc(-c4cccc(-c5cccc6oc7ccccc7c56)c4)c3)nc(-c3ccccc3-c3ccccc3)n2)cc1. The zero-order chi connectivity index (χ0) is 36.6. The summed E-state index contributed by atoms with van der Waals surface area (Å²) in [5, 5.41) is 2.24. The molecule has 55 heavy (non-hydrogen) atoms. The number of nitrogens with zero attached hydrogens (tertiary/aromatic N) is 3. The Kier molecular flexibility index (Phi) is 8.12. The minimum absolute atomic E-state index is 0.610. The molecular formula is C51H33N3O. The molecule has 4 heteroatoms. The second kappa shape index (κ2) is 13.8. The maximum atomic E-state index is 6.22. The van der Waals surface area contributed by atoms with Gasteiger partial charge >= 0.3 is 0 Å². The first-order valence-corrected chi connectivity index (χ1v) is 18.4. The molecule has 0 saturated heterocycles. The number of hydrogen-bond acceptors (Lipinski definition) is 4. The lowest BCUT2D eigenvalue weighted by Crippen LogP contribution is -2.02. The molecular weight excluding hydrogens is 671 g/mol. The third kappa shape index (κ3) is 6.06. The van der Waals surface area contributed by atoms with Crippen LogP contribution in [0.2, 0.25) is 0 Å². The molecule has 10 aromatic rings. The average Bonchev–Trinajstić information content (AvgIpc) is 3.66. The minimum Gasteiger partial charge on any atom is -0.456 e. The second-order valence-electron chi connectivity index (χ2n) is 13.6. The molecule has 0 aliphatic rings. The Morgan fingerprint density at radius 3 is 1.33 bits per heavy atom. The molecule has 0 aliphatic heterocycles. The van der Waals surface area contributed by atoms with Crippen LogP contribution in [0.3, 0.4) is 0 Å². The predicted molar refractivity (Wildman–Crippen MR) is 225 cm³/mol. The van der Waals surface area contributed by atoms with Crippen molar-refractivity contribution in [3.8, 4) is 78.7 Å². The van der Waals surface area contributed by atoms with E-state index in [0.29, 0.717) is 17.5 Å². The van der Waals surface area contributed by atoms with Crippen LogP contribution in [0.5, 0.6) is 0 Å². The summed E-state index contributed by atoms with van der Waals surface area (Å²) < 4.78 is 6.22. The maximum absolute atomic E-state index is 6.22. The van der Waals surface area contributed by atoms with Gasteiger partial charge in [-0.25, -0.2) is 15.0 Å². The number of benzene rings is 8. The number of fused-ring (bicyclic) bond motifs is 3. The molecule has 0 unspecified atom stereocenters. The fourth-order valence-electron chi connectivity index (χ4n) is 7.56. The number of hydrogen-bond donors (Lipinski definition) is 0. The number of aromatic nitrogens is 3. The van der Waals surface area contributed by atoms with E-state index in [1.807, 2.05) is 42.5 Å². The second-order valence-corrected chi connectivity index (χ2v) is 13.6. The summed E-state index contributed by atoms with van der Waals surface area (Å²) in [6.45, 7) is 0. The maximum Gasteiger partial charge on any atom is 0.164 e. The zero-order valence-corrected chi connectivity index (χ0v) is 29.8. The van der Waals surface area contributed by atoms with Crippen LogP contribution in [0, 0.1) is 0 Å². The van der Waals surface area contributed by atoms with Crippen molar-refractivity contribution in [2.45, 2.75) is 0 Å². The van der Waals surface area contributed by atoms with E-state index < -0.39 is 0 Å². The largest absolute Gasteiger partial charge is 0.456 e. The molecule has 0 saturated carbocycles. The van der Waals surface area contributed by atoms with Crippen LogP contribution < -0.4 is 0 Å². The lowest BCUT2D eigenvalue weighted by Gasteiger charge is -2.14. The highest BCUT2D eigenvalue weighted by Crippen LogP contribution is 2.39. The Labute approximate surface area is 319 Å². The molecule has 0 fully saturated rings. The highest BCUT2D eigenvalue weighted by Gasteiger charge is 2.18. The molecule has 0 bridgehead atoms. The van der Waals surface area contributed by atoms with Gasteiger partial charge in [-0.15, -0.1) is 0 Å². The standard InChI is InChI=1S/C51H33N3O/c1-3-16-34(17-4-1)40-24-7-9-26-43(40)50-52-49(53-51(54-50)44-27-10-8-25-41(44)35-18-5-2-6-19-35)39-23-14-21-37(33-39)36-20-13-22-38(32-36)42-29-15-31-47-48(42)45-28-11-12-30-46(45)55-47/h1-33H. The van der Waals surface area contributed by atoms with Crippen molar-refractivity contribution >= 4 is 21.9 Å². The van der Waals surface area contributed by atoms with Gasteiger partial charge in [-0.2, -0.15) is 0 Å². The normalized spacial score (nSPS) is 11.3. The minimum atomic E-state index is 0.610. The molecule has 0 spiro atoms. The first-order chi connectivity index (χ1) is 27.3. The van der Waals surface area contributed by atoms with Crippen molar-refractivity contribution in [1.29, 1.82) is 0 Å². The third-order valence-electron chi connectivity index (χ3n) is 10.2. The fraction of sp³-hybridized carbons (Fsp3) is 0. The summed E-state index contributed by atoms with van der Waals surface area (Å²) in [6.07, 6.45) is 0. The Morgan fingerprint density at radius 2 is 0.691 bits per heavy atom. The van der Waals surface area contributed by atoms with Gasteiger partial charge in [0.1, 0.15) is 11.2 Å². The predicted octanol–water partition coefficient (Wildman–Crippen LogP) is 13.4. The van der Waals surface area contributed by atoms with Crippen molar-refractivity contribution in [1.82, 2.24) is 15.0 Å². The zero-order valence-electron chi connectivity index (χ0n) is 29.8. The molecule has 2 aromatic heterocycles. The molecule has 0 radical (unpaired) electrons. The average molecular weight is 704 g/mol. The smallest absolute Gasteiger partial charge is 0.164 e. The highest BCUT2D eigenvalue weighted by atomic mass is 16.3. The monoisotopic (exact) mass is 703 g/mol. The van der Waals surface area contributed by atoms with Crippen LogP contribution in [0.15, 0.2) is 205 Å². The molecule has 10 rings (SSSR count). The Bertz CT molecular complexity index is 2880. The van der Waals surface area contributed by atoms with Crippen molar-refractivity contribution < 1.29 is 4.42 Å². The van der Waals surface area contributed by atoms with Gasteiger partial charge in [0.25, 0.3) is 0 Å². The summed E-state index contributed by atoms with van der Waals surface area (Å²) in [5.41, 5.74) is 13.3.